The Morgan fingerprint density at radius 3 is 2.97 bits per heavy atom. The van der Waals surface area contributed by atoms with Gasteiger partial charge < -0.3 is 10.6 Å². The Bertz CT molecular complexity index is 990. The minimum absolute atomic E-state index is 0.0687. The molecule has 166 valence electrons. The van der Waals surface area contributed by atoms with Gasteiger partial charge in [-0.2, -0.15) is 5.10 Å². The van der Waals surface area contributed by atoms with Gasteiger partial charge in [0.05, 0.1) is 26.7 Å². The van der Waals surface area contributed by atoms with E-state index in [9.17, 15) is 9.18 Å². The van der Waals surface area contributed by atoms with Crippen LogP contribution in [0, 0.1) is 11.8 Å². The number of halogens is 2. The molecule has 1 amide bonds. The maximum Gasteiger partial charge on any atom is 0.261 e. The fourth-order valence-corrected chi connectivity index (χ4v) is 6.15. The molecule has 4 rings (SSSR count). The number of hydrogen-bond acceptors (Lipinski definition) is 4. The van der Waals surface area contributed by atoms with Crippen molar-refractivity contribution in [3.63, 3.8) is 0 Å². The van der Waals surface area contributed by atoms with Crippen molar-refractivity contribution in [1.29, 1.82) is 0 Å². The van der Waals surface area contributed by atoms with Gasteiger partial charge in [-0.3, -0.25) is 9.48 Å². The maximum atomic E-state index is 14.0. The van der Waals surface area contributed by atoms with Gasteiger partial charge in [0.2, 0.25) is 0 Å². The predicted molar refractivity (Wildman–Crippen MR) is 124 cm³/mol. The van der Waals surface area contributed by atoms with Crippen LogP contribution in [0.25, 0.3) is 10.6 Å². The van der Waals surface area contributed by atoms with E-state index >= 15 is 0 Å². The molecule has 1 aliphatic carbocycles. The molecule has 2 aliphatic rings. The first kappa shape index (κ1) is 22.2. The molecule has 1 fully saturated rings. The molecule has 0 bridgehead atoms. The van der Waals surface area contributed by atoms with E-state index in [2.05, 4.69) is 22.7 Å². The summed E-state index contributed by atoms with van der Waals surface area (Å²) in [6, 6.07) is 3.67. The Kier molecular flexibility index (Phi) is 6.94. The van der Waals surface area contributed by atoms with Crippen LogP contribution in [0.1, 0.15) is 42.3 Å². The monoisotopic (exact) mass is 462 g/mol. The number of thiophene rings is 1. The zero-order valence-corrected chi connectivity index (χ0v) is 19.4. The number of nitrogens with one attached hydrogen (secondary N) is 2. The summed E-state index contributed by atoms with van der Waals surface area (Å²) in [7, 11) is 1.83. The summed E-state index contributed by atoms with van der Waals surface area (Å²) in [5, 5.41) is 11.5. The first-order chi connectivity index (χ1) is 15.0. The Labute approximate surface area is 191 Å². The fourth-order valence-electron chi connectivity index (χ4n) is 4.82. The van der Waals surface area contributed by atoms with E-state index in [0.717, 1.165) is 48.4 Å². The average molecular weight is 463 g/mol. The first-order valence-corrected chi connectivity index (χ1v) is 12.0. The van der Waals surface area contributed by atoms with E-state index in [1.807, 2.05) is 19.2 Å². The molecule has 3 atom stereocenters. The largest absolute Gasteiger partial charge is 0.347 e. The first-order valence-electron chi connectivity index (χ1n) is 10.8. The van der Waals surface area contributed by atoms with Gasteiger partial charge in [0.15, 0.2) is 0 Å². The lowest BCUT2D eigenvalue weighted by Gasteiger charge is -2.41. The van der Waals surface area contributed by atoms with Crippen molar-refractivity contribution in [3.05, 3.63) is 51.8 Å². The Balaban J connectivity index is 1.55. The Morgan fingerprint density at radius 2 is 2.26 bits per heavy atom. The van der Waals surface area contributed by atoms with Gasteiger partial charge in [0.25, 0.3) is 5.91 Å². The van der Waals surface area contributed by atoms with Gasteiger partial charge in [0, 0.05) is 25.6 Å². The third-order valence-corrected chi connectivity index (χ3v) is 7.54. The molecule has 1 unspecified atom stereocenters. The molecule has 1 saturated heterocycles. The highest BCUT2D eigenvalue weighted by atomic mass is 35.5. The molecular formula is C23H28ClFN4OS. The quantitative estimate of drug-likeness (QED) is 0.627. The number of carbonyl (C=O) groups is 1. The van der Waals surface area contributed by atoms with E-state index in [1.54, 1.807) is 23.0 Å². The number of allylic oxidation sites excluding steroid dienone is 3. The highest BCUT2D eigenvalue weighted by Gasteiger charge is 2.36. The van der Waals surface area contributed by atoms with Gasteiger partial charge in [0.1, 0.15) is 5.83 Å². The molecule has 0 saturated carbocycles. The molecule has 5 nitrogen and oxygen atoms in total. The van der Waals surface area contributed by atoms with Gasteiger partial charge in [-0.15, -0.1) is 11.3 Å². The van der Waals surface area contributed by atoms with Gasteiger partial charge in [-0.05, 0) is 56.0 Å². The van der Waals surface area contributed by atoms with E-state index in [0.29, 0.717) is 22.4 Å². The van der Waals surface area contributed by atoms with Crippen LogP contribution >= 0.6 is 22.9 Å². The van der Waals surface area contributed by atoms with Crippen LogP contribution in [0.5, 0.6) is 0 Å². The minimum Gasteiger partial charge on any atom is -0.347 e. The van der Waals surface area contributed by atoms with E-state index in [4.69, 9.17) is 11.6 Å². The zero-order chi connectivity index (χ0) is 22.0. The molecule has 2 aromatic heterocycles. The number of aryl methyl sites for hydroxylation is 1. The topological polar surface area (TPSA) is 58.9 Å². The lowest BCUT2D eigenvalue weighted by molar-refractivity contribution is 0.0902. The molecule has 0 radical (unpaired) electrons. The highest BCUT2D eigenvalue weighted by Crippen LogP contribution is 2.36. The average Bonchev–Trinajstić information content (AvgIpc) is 3.35. The molecule has 0 aromatic carbocycles. The van der Waals surface area contributed by atoms with Crippen molar-refractivity contribution >= 4 is 28.8 Å². The number of aromatic nitrogens is 2. The number of hydrogen-bond donors (Lipinski definition) is 2. The SMILES string of the molecule is CCC[C@H]1CNCC(NC(=O)c2ccc(-c3c(Cl)cnn3C)s2)[C@@H]1C1=CC(F)=CCC1. The predicted octanol–water partition coefficient (Wildman–Crippen LogP) is 5.11. The van der Waals surface area contributed by atoms with E-state index in [1.165, 1.54) is 11.3 Å². The summed E-state index contributed by atoms with van der Waals surface area (Å²) in [6.07, 6.45) is 8.63. The standard InChI is InChI=1S/C23H28ClFN4OS/c1-3-5-15-11-26-13-18(21(15)14-6-4-7-16(25)10-14)28-23(30)20-9-8-19(31-20)22-17(24)12-27-29(22)2/h7-10,12,15,18,21,26H,3-6,11,13H2,1-2H3,(H,28,30)/t15-,18?,21+/m0/s1. The Morgan fingerprint density at radius 1 is 1.42 bits per heavy atom. The second-order valence-corrected chi connectivity index (χ2v) is 9.78. The van der Waals surface area contributed by atoms with Crippen molar-refractivity contribution in [1.82, 2.24) is 20.4 Å². The smallest absolute Gasteiger partial charge is 0.261 e. The number of amides is 1. The van der Waals surface area contributed by atoms with Crippen LogP contribution < -0.4 is 10.6 Å². The third kappa shape index (κ3) is 4.78. The lowest BCUT2D eigenvalue weighted by atomic mass is 9.73. The molecule has 8 heteroatoms. The van der Waals surface area contributed by atoms with E-state index < -0.39 is 0 Å². The van der Waals surface area contributed by atoms with Crippen molar-refractivity contribution in [2.24, 2.45) is 18.9 Å². The second kappa shape index (κ2) is 9.67. The summed E-state index contributed by atoms with van der Waals surface area (Å²) < 4.78 is 15.7. The lowest BCUT2D eigenvalue weighted by Crippen LogP contribution is -2.55. The van der Waals surface area contributed by atoms with Crippen LogP contribution in [0.2, 0.25) is 5.02 Å². The number of piperidine rings is 1. The second-order valence-electron chi connectivity index (χ2n) is 8.29. The Hall–Kier alpha value is -1.96. The highest BCUT2D eigenvalue weighted by molar-refractivity contribution is 7.17. The van der Waals surface area contributed by atoms with Crippen LogP contribution in [-0.4, -0.2) is 34.8 Å². The molecule has 0 spiro atoms. The van der Waals surface area contributed by atoms with Gasteiger partial charge >= 0.3 is 0 Å². The summed E-state index contributed by atoms with van der Waals surface area (Å²) in [5.41, 5.74) is 1.93. The van der Waals surface area contributed by atoms with Crippen LogP contribution in [0.3, 0.4) is 0 Å². The third-order valence-electron chi connectivity index (χ3n) is 6.17. The van der Waals surface area contributed by atoms with Crippen molar-refractivity contribution < 1.29 is 9.18 Å². The summed E-state index contributed by atoms with van der Waals surface area (Å²) in [6.45, 7) is 3.76. The van der Waals surface area contributed by atoms with Crippen molar-refractivity contribution in [2.45, 2.75) is 38.6 Å². The number of carbonyl (C=O) groups excluding carboxylic acids is 1. The number of rotatable bonds is 6. The van der Waals surface area contributed by atoms with Crippen molar-refractivity contribution in [3.8, 4) is 10.6 Å². The molecule has 3 heterocycles. The van der Waals surface area contributed by atoms with Crippen LogP contribution in [0.15, 0.2) is 41.9 Å². The number of nitrogens with zero attached hydrogens (tertiary/aromatic N) is 2. The van der Waals surface area contributed by atoms with Gasteiger partial charge in [-0.1, -0.05) is 30.5 Å². The molecule has 2 aromatic rings. The van der Waals surface area contributed by atoms with Crippen LogP contribution in [0.4, 0.5) is 4.39 Å². The maximum absolute atomic E-state index is 14.0. The molecule has 31 heavy (non-hydrogen) atoms. The normalized spacial score (nSPS) is 23.9. The van der Waals surface area contributed by atoms with Crippen LogP contribution in [-0.2, 0) is 7.05 Å². The molecular weight excluding hydrogens is 435 g/mol. The summed E-state index contributed by atoms with van der Waals surface area (Å²) in [5.74, 6) is 0.274. The molecule has 2 N–H and O–H groups in total. The summed E-state index contributed by atoms with van der Waals surface area (Å²) >= 11 is 7.66. The molecule has 1 aliphatic heterocycles. The minimum atomic E-state index is -0.156. The van der Waals surface area contributed by atoms with Gasteiger partial charge in [-0.25, -0.2) is 4.39 Å². The summed E-state index contributed by atoms with van der Waals surface area (Å²) in [4.78, 5) is 14.7. The van der Waals surface area contributed by atoms with E-state index in [-0.39, 0.29) is 23.7 Å². The fraction of sp³-hybridized carbons (Fsp3) is 0.478. The zero-order valence-electron chi connectivity index (χ0n) is 17.8. The van der Waals surface area contributed by atoms with Crippen molar-refractivity contribution in [2.75, 3.05) is 13.1 Å².